The first-order valence-corrected chi connectivity index (χ1v) is 8.77. The minimum Gasteiger partial charge on any atom is -0.507 e. The molecule has 10 heteroatoms. The fraction of sp³-hybridized carbons (Fsp3) is 0.474. The molecule has 1 aliphatic rings. The number of ether oxygens (including phenoxy) is 5. The standard InChI is InChI=1S/C19H22O10/c1-10(21)25-9-17-19(27-12(3)23)16(26-11(2)22)7-18(29-17)28-14-5-4-13(8-20)15(24)6-14/h4-6,8,16-19,24H,7,9H2,1-3H3/t16-,17-,18-,19+/m1/s1. The van der Waals surface area contributed by atoms with E-state index in [1.54, 1.807) is 0 Å². The van der Waals surface area contributed by atoms with E-state index in [1.807, 2.05) is 0 Å². The van der Waals surface area contributed by atoms with Crippen molar-refractivity contribution in [3.8, 4) is 11.5 Å². The minimum atomic E-state index is -1.01. The van der Waals surface area contributed by atoms with Crippen LogP contribution >= 0.6 is 0 Å². The number of hydrogen-bond acceptors (Lipinski definition) is 10. The molecule has 1 aromatic rings. The first-order chi connectivity index (χ1) is 13.7. The Hall–Kier alpha value is -3.14. The molecule has 158 valence electrons. The van der Waals surface area contributed by atoms with E-state index < -0.39 is 42.5 Å². The molecule has 0 spiro atoms. The molecule has 0 bridgehead atoms. The van der Waals surface area contributed by atoms with Gasteiger partial charge < -0.3 is 28.8 Å². The van der Waals surface area contributed by atoms with E-state index >= 15 is 0 Å². The van der Waals surface area contributed by atoms with Crippen molar-refractivity contribution in [3.05, 3.63) is 23.8 Å². The Balaban J connectivity index is 2.23. The molecule has 1 aliphatic heterocycles. The van der Waals surface area contributed by atoms with Gasteiger partial charge in [-0.3, -0.25) is 19.2 Å². The summed E-state index contributed by atoms with van der Waals surface area (Å²) < 4.78 is 26.9. The molecule has 10 nitrogen and oxygen atoms in total. The quantitative estimate of drug-likeness (QED) is 0.396. The summed E-state index contributed by atoms with van der Waals surface area (Å²) in [6, 6.07) is 4.04. The van der Waals surface area contributed by atoms with Crippen molar-refractivity contribution in [2.24, 2.45) is 0 Å². The highest BCUT2D eigenvalue weighted by molar-refractivity contribution is 5.79. The maximum absolute atomic E-state index is 11.5. The van der Waals surface area contributed by atoms with Crippen LogP contribution in [0.4, 0.5) is 0 Å². The van der Waals surface area contributed by atoms with Gasteiger partial charge in [0.1, 0.15) is 30.3 Å². The fourth-order valence-electron chi connectivity index (χ4n) is 2.82. The molecule has 1 fully saturated rings. The Labute approximate surface area is 166 Å². The van der Waals surface area contributed by atoms with Crippen LogP contribution in [0.15, 0.2) is 18.2 Å². The van der Waals surface area contributed by atoms with Crippen LogP contribution in [0.2, 0.25) is 0 Å². The Kier molecular flexibility index (Phi) is 7.54. The topological polar surface area (TPSA) is 135 Å². The zero-order valence-corrected chi connectivity index (χ0v) is 16.2. The van der Waals surface area contributed by atoms with E-state index in [4.69, 9.17) is 23.7 Å². The molecule has 0 amide bonds. The van der Waals surface area contributed by atoms with Crippen molar-refractivity contribution in [2.75, 3.05) is 6.61 Å². The van der Waals surface area contributed by atoms with Gasteiger partial charge in [0.15, 0.2) is 12.4 Å². The Morgan fingerprint density at radius 3 is 2.38 bits per heavy atom. The number of rotatable bonds is 7. The van der Waals surface area contributed by atoms with E-state index in [1.165, 1.54) is 39.0 Å². The van der Waals surface area contributed by atoms with Crippen LogP contribution in [0.1, 0.15) is 37.6 Å². The second kappa shape index (κ2) is 9.87. The predicted octanol–water partition coefficient (Wildman–Crippen LogP) is 1.12. The largest absolute Gasteiger partial charge is 0.507 e. The van der Waals surface area contributed by atoms with Crippen molar-refractivity contribution < 1.29 is 48.0 Å². The van der Waals surface area contributed by atoms with Gasteiger partial charge in [0.05, 0.1) is 12.0 Å². The van der Waals surface area contributed by atoms with Crippen molar-refractivity contribution in [3.63, 3.8) is 0 Å². The lowest BCUT2D eigenvalue weighted by molar-refractivity contribution is -0.245. The van der Waals surface area contributed by atoms with Crippen LogP contribution in [0.25, 0.3) is 0 Å². The second-order valence-electron chi connectivity index (χ2n) is 6.32. The lowest BCUT2D eigenvalue weighted by Crippen LogP contribution is -2.54. The first kappa shape index (κ1) is 22.2. The van der Waals surface area contributed by atoms with Gasteiger partial charge in [0.25, 0.3) is 0 Å². The van der Waals surface area contributed by atoms with Crippen LogP contribution in [0, 0.1) is 0 Å². The number of carbonyl (C=O) groups is 4. The van der Waals surface area contributed by atoms with Crippen LogP contribution in [0.3, 0.4) is 0 Å². The number of esters is 3. The summed E-state index contributed by atoms with van der Waals surface area (Å²) in [5.41, 5.74) is 0.0855. The monoisotopic (exact) mass is 410 g/mol. The van der Waals surface area contributed by atoms with Crippen molar-refractivity contribution in [1.29, 1.82) is 0 Å². The lowest BCUT2D eigenvalue weighted by Gasteiger charge is -2.39. The Morgan fingerprint density at radius 2 is 1.83 bits per heavy atom. The average molecular weight is 410 g/mol. The van der Waals surface area contributed by atoms with Gasteiger partial charge in [-0.05, 0) is 12.1 Å². The summed E-state index contributed by atoms with van der Waals surface area (Å²) in [4.78, 5) is 45.0. The van der Waals surface area contributed by atoms with Gasteiger partial charge in [-0.2, -0.15) is 0 Å². The number of phenolic OH excluding ortho intramolecular Hbond substituents is 1. The number of hydrogen-bond donors (Lipinski definition) is 1. The summed E-state index contributed by atoms with van der Waals surface area (Å²) in [7, 11) is 0. The molecule has 29 heavy (non-hydrogen) atoms. The highest BCUT2D eigenvalue weighted by Crippen LogP contribution is 2.30. The van der Waals surface area contributed by atoms with E-state index in [-0.39, 0.29) is 30.1 Å². The van der Waals surface area contributed by atoms with Crippen LogP contribution in [0.5, 0.6) is 11.5 Å². The maximum atomic E-state index is 11.5. The average Bonchev–Trinajstić information content (AvgIpc) is 2.61. The molecular weight excluding hydrogens is 388 g/mol. The normalized spacial score (nSPS) is 23.6. The zero-order chi connectivity index (χ0) is 21.6. The highest BCUT2D eigenvalue weighted by Gasteiger charge is 2.44. The molecule has 1 N–H and O–H groups in total. The van der Waals surface area contributed by atoms with Crippen molar-refractivity contribution in [1.82, 2.24) is 0 Å². The van der Waals surface area contributed by atoms with Crippen molar-refractivity contribution >= 4 is 24.2 Å². The van der Waals surface area contributed by atoms with E-state index in [2.05, 4.69) is 0 Å². The molecule has 1 aromatic carbocycles. The number of carbonyl (C=O) groups excluding carboxylic acids is 4. The van der Waals surface area contributed by atoms with Gasteiger partial charge in [0, 0.05) is 26.8 Å². The number of aldehydes is 1. The molecule has 0 radical (unpaired) electrons. The summed E-state index contributed by atoms with van der Waals surface area (Å²) in [5, 5.41) is 9.79. The van der Waals surface area contributed by atoms with Crippen LogP contribution in [-0.4, -0.2) is 60.5 Å². The van der Waals surface area contributed by atoms with Gasteiger partial charge in [-0.1, -0.05) is 0 Å². The summed E-state index contributed by atoms with van der Waals surface area (Å²) in [6.07, 6.45) is -3.38. The van der Waals surface area contributed by atoms with E-state index in [0.717, 1.165) is 0 Å². The molecule has 1 saturated heterocycles. The zero-order valence-electron chi connectivity index (χ0n) is 16.2. The molecule has 0 aliphatic carbocycles. The van der Waals surface area contributed by atoms with Gasteiger partial charge >= 0.3 is 17.9 Å². The summed E-state index contributed by atoms with van der Waals surface area (Å²) in [6.45, 7) is 3.33. The Bertz CT molecular complexity index is 774. The third-order valence-electron chi connectivity index (χ3n) is 3.95. The molecular formula is C19H22O10. The SMILES string of the molecule is CC(=O)OC[C@H]1O[C@@H](Oc2ccc(C=O)c(O)c2)C[C@@H](OC(C)=O)[C@@H]1OC(C)=O. The Morgan fingerprint density at radius 1 is 1.14 bits per heavy atom. The molecule has 0 aromatic heterocycles. The summed E-state index contributed by atoms with van der Waals surface area (Å²) >= 11 is 0. The van der Waals surface area contributed by atoms with Gasteiger partial charge in [-0.15, -0.1) is 0 Å². The molecule has 0 saturated carbocycles. The third kappa shape index (κ3) is 6.46. The highest BCUT2D eigenvalue weighted by atomic mass is 16.7. The number of phenols is 1. The fourth-order valence-corrected chi connectivity index (χ4v) is 2.82. The minimum absolute atomic E-state index is 0.00426. The molecule has 4 atom stereocenters. The first-order valence-electron chi connectivity index (χ1n) is 8.77. The number of benzene rings is 1. The third-order valence-corrected chi connectivity index (χ3v) is 3.95. The van der Waals surface area contributed by atoms with Crippen molar-refractivity contribution in [2.45, 2.75) is 51.8 Å². The van der Waals surface area contributed by atoms with Crippen LogP contribution in [-0.2, 0) is 33.3 Å². The maximum Gasteiger partial charge on any atom is 0.303 e. The van der Waals surface area contributed by atoms with Gasteiger partial charge in [0.2, 0.25) is 6.29 Å². The molecule has 0 unspecified atom stereocenters. The number of aromatic hydroxyl groups is 1. The second-order valence-corrected chi connectivity index (χ2v) is 6.32. The predicted molar refractivity (Wildman–Crippen MR) is 95.1 cm³/mol. The molecule has 2 rings (SSSR count). The smallest absolute Gasteiger partial charge is 0.303 e. The lowest BCUT2D eigenvalue weighted by atomic mass is 10.0. The van der Waals surface area contributed by atoms with Crippen LogP contribution < -0.4 is 4.74 Å². The molecule has 1 heterocycles. The van der Waals surface area contributed by atoms with Gasteiger partial charge in [-0.25, -0.2) is 0 Å². The van der Waals surface area contributed by atoms with E-state index in [9.17, 15) is 24.3 Å². The van der Waals surface area contributed by atoms with E-state index in [0.29, 0.717) is 6.29 Å². The summed E-state index contributed by atoms with van der Waals surface area (Å²) in [5.74, 6) is -1.89.